The van der Waals surface area contributed by atoms with Crippen molar-refractivity contribution in [3.63, 3.8) is 0 Å². The van der Waals surface area contributed by atoms with Gasteiger partial charge in [0.05, 0.1) is 11.6 Å². The molecule has 0 fully saturated rings. The van der Waals surface area contributed by atoms with Crippen LogP contribution in [0.1, 0.15) is 25.8 Å². The summed E-state index contributed by atoms with van der Waals surface area (Å²) >= 11 is 0. The molecule has 0 aliphatic rings. The Bertz CT molecular complexity index is 1060. The van der Waals surface area contributed by atoms with Crippen molar-refractivity contribution in [1.82, 2.24) is 15.2 Å². The average Bonchev–Trinajstić information content (AvgIpc) is 3.22. The highest BCUT2D eigenvalue weighted by Gasteiger charge is 2.11. The fourth-order valence-electron chi connectivity index (χ4n) is 3.28. The molecule has 0 saturated carbocycles. The van der Waals surface area contributed by atoms with E-state index < -0.39 is 0 Å². The smallest absolute Gasteiger partial charge is 0.256 e. The van der Waals surface area contributed by atoms with Crippen LogP contribution in [0.3, 0.4) is 0 Å². The molecule has 0 radical (unpaired) electrons. The number of benzene rings is 2. The van der Waals surface area contributed by atoms with Crippen LogP contribution in [-0.4, -0.2) is 21.7 Å². The number of H-pyrrole nitrogens is 2. The number of nitrogens with zero attached hydrogens (tertiary/aromatic N) is 1. The molecule has 0 amide bonds. The van der Waals surface area contributed by atoms with E-state index in [0.29, 0.717) is 6.54 Å². The summed E-state index contributed by atoms with van der Waals surface area (Å²) in [6.45, 7) is 4.65. The minimum absolute atomic E-state index is 0.0628. The van der Waals surface area contributed by atoms with Gasteiger partial charge in [-0.05, 0) is 58.8 Å². The van der Waals surface area contributed by atoms with Gasteiger partial charge in [-0.15, -0.1) is 0 Å². The van der Waals surface area contributed by atoms with Gasteiger partial charge in [0.1, 0.15) is 0 Å². The van der Waals surface area contributed by atoms with Crippen molar-refractivity contribution in [2.45, 2.75) is 26.7 Å². The molecule has 5 nitrogen and oxygen atoms in total. The molecule has 0 saturated heterocycles. The van der Waals surface area contributed by atoms with Crippen molar-refractivity contribution in [2.75, 3.05) is 6.54 Å². The van der Waals surface area contributed by atoms with Crippen LogP contribution in [0.25, 0.3) is 32.7 Å². The van der Waals surface area contributed by atoms with Crippen molar-refractivity contribution in [3.05, 3.63) is 64.8 Å². The summed E-state index contributed by atoms with van der Waals surface area (Å²) in [5.41, 5.74) is 8.89. The third-order valence-corrected chi connectivity index (χ3v) is 4.44. The second kappa shape index (κ2) is 7.97. The van der Waals surface area contributed by atoms with Crippen LogP contribution in [0.5, 0.6) is 0 Å². The molecule has 4 rings (SSSR count). The SMILES string of the molecule is CC.NCCCc1cc2cc[nH]c(=O)c2c2cc(-c3cn[nH]c3)ccc12. The van der Waals surface area contributed by atoms with Gasteiger partial charge in [-0.2, -0.15) is 5.10 Å². The molecule has 0 bridgehead atoms. The van der Waals surface area contributed by atoms with Gasteiger partial charge in [-0.1, -0.05) is 32.0 Å². The Morgan fingerprint density at radius 1 is 1.08 bits per heavy atom. The van der Waals surface area contributed by atoms with Crippen LogP contribution in [0.4, 0.5) is 0 Å². The van der Waals surface area contributed by atoms with E-state index >= 15 is 0 Å². The predicted octanol–water partition coefficient (Wildman–Crippen LogP) is 3.99. The summed E-state index contributed by atoms with van der Waals surface area (Å²) in [7, 11) is 0. The maximum Gasteiger partial charge on any atom is 0.256 e. The Morgan fingerprint density at radius 3 is 2.65 bits per heavy atom. The van der Waals surface area contributed by atoms with Crippen LogP contribution in [0.15, 0.2) is 53.7 Å². The van der Waals surface area contributed by atoms with E-state index in [4.69, 9.17) is 5.73 Å². The van der Waals surface area contributed by atoms with Crippen molar-refractivity contribution in [3.8, 4) is 11.1 Å². The second-order valence-electron chi connectivity index (χ2n) is 5.95. The zero-order valence-corrected chi connectivity index (χ0v) is 15.2. The lowest BCUT2D eigenvalue weighted by atomic mass is 9.93. The summed E-state index contributed by atoms with van der Waals surface area (Å²) in [5.74, 6) is 0. The summed E-state index contributed by atoms with van der Waals surface area (Å²) in [4.78, 5) is 15.2. The molecule has 0 spiro atoms. The van der Waals surface area contributed by atoms with Gasteiger partial charge < -0.3 is 10.7 Å². The monoisotopic (exact) mass is 348 g/mol. The molecule has 0 aliphatic carbocycles. The van der Waals surface area contributed by atoms with Crippen LogP contribution in [-0.2, 0) is 6.42 Å². The fraction of sp³-hybridized carbons (Fsp3) is 0.238. The number of aromatic amines is 2. The maximum atomic E-state index is 12.4. The molecular formula is C21H24N4O. The number of hydrogen-bond acceptors (Lipinski definition) is 3. The number of rotatable bonds is 4. The average molecular weight is 348 g/mol. The van der Waals surface area contributed by atoms with Crippen molar-refractivity contribution < 1.29 is 0 Å². The fourth-order valence-corrected chi connectivity index (χ4v) is 3.28. The molecule has 0 unspecified atom stereocenters. The first-order valence-electron chi connectivity index (χ1n) is 9.04. The third kappa shape index (κ3) is 3.26. The Morgan fingerprint density at radius 2 is 1.92 bits per heavy atom. The molecule has 2 aromatic heterocycles. The lowest BCUT2D eigenvalue weighted by Gasteiger charge is -2.11. The van der Waals surface area contributed by atoms with Gasteiger partial charge in [0.2, 0.25) is 0 Å². The van der Waals surface area contributed by atoms with E-state index in [9.17, 15) is 4.79 Å². The molecule has 4 N–H and O–H groups in total. The largest absolute Gasteiger partial charge is 0.330 e. The second-order valence-corrected chi connectivity index (χ2v) is 5.95. The first-order chi connectivity index (χ1) is 12.8. The molecule has 2 heterocycles. The Labute approximate surface area is 152 Å². The topological polar surface area (TPSA) is 87.6 Å². The standard InChI is InChI=1S/C19H18N4O.C2H6/c20-6-1-2-13-8-14-5-7-21-19(24)18(14)17-9-12(3-4-16(13)17)15-10-22-23-11-15;1-2/h3-5,7-11H,1-2,6,20H2,(H,21,24)(H,22,23);1-2H3. The number of pyridine rings is 1. The van der Waals surface area contributed by atoms with E-state index in [1.54, 1.807) is 12.4 Å². The first kappa shape index (κ1) is 17.9. The Kier molecular flexibility index (Phi) is 5.49. The van der Waals surface area contributed by atoms with Crippen LogP contribution in [0.2, 0.25) is 0 Å². The van der Waals surface area contributed by atoms with Crippen molar-refractivity contribution in [2.24, 2.45) is 5.73 Å². The van der Waals surface area contributed by atoms with Crippen LogP contribution < -0.4 is 11.3 Å². The van der Waals surface area contributed by atoms with Gasteiger partial charge in [0.25, 0.3) is 5.56 Å². The van der Waals surface area contributed by atoms with Gasteiger partial charge in [0, 0.05) is 18.0 Å². The number of nitrogens with two attached hydrogens (primary N) is 1. The number of aryl methyl sites for hydroxylation is 1. The predicted molar refractivity (Wildman–Crippen MR) is 108 cm³/mol. The summed E-state index contributed by atoms with van der Waals surface area (Å²) < 4.78 is 0. The Hall–Kier alpha value is -2.92. The highest BCUT2D eigenvalue weighted by Crippen LogP contribution is 2.31. The molecule has 0 aliphatic heterocycles. The summed E-state index contributed by atoms with van der Waals surface area (Å²) in [6.07, 6.45) is 7.16. The van der Waals surface area contributed by atoms with Gasteiger partial charge >= 0.3 is 0 Å². The summed E-state index contributed by atoms with van der Waals surface area (Å²) in [6, 6.07) is 10.3. The van der Waals surface area contributed by atoms with E-state index in [1.807, 2.05) is 26.1 Å². The van der Waals surface area contributed by atoms with Gasteiger partial charge in [0.15, 0.2) is 0 Å². The number of nitrogens with one attached hydrogen (secondary N) is 2. The molecule has 0 atom stereocenters. The molecule has 5 heteroatoms. The Balaban J connectivity index is 0.000000948. The van der Waals surface area contributed by atoms with Gasteiger partial charge in [-0.3, -0.25) is 9.89 Å². The molecule has 4 aromatic rings. The quantitative estimate of drug-likeness (QED) is 0.487. The minimum Gasteiger partial charge on any atom is -0.330 e. The lowest BCUT2D eigenvalue weighted by Crippen LogP contribution is -2.06. The van der Waals surface area contributed by atoms with E-state index in [0.717, 1.165) is 45.5 Å². The van der Waals surface area contributed by atoms with Gasteiger partial charge in [-0.25, -0.2) is 0 Å². The third-order valence-electron chi connectivity index (χ3n) is 4.44. The van der Waals surface area contributed by atoms with Crippen LogP contribution >= 0.6 is 0 Å². The zero-order chi connectivity index (χ0) is 18.5. The lowest BCUT2D eigenvalue weighted by molar-refractivity contribution is 0.838. The zero-order valence-electron chi connectivity index (χ0n) is 15.2. The molecule has 2 aromatic carbocycles. The van der Waals surface area contributed by atoms with Crippen LogP contribution in [0, 0.1) is 0 Å². The van der Waals surface area contributed by atoms with Crippen molar-refractivity contribution >= 4 is 21.5 Å². The van der Waals surface area contributed by atoms with E-state index in [2.05, 4.69) is 39.4 Å². The van der Waals surface area contributed by atoms with E-state index in [-0.39, 0.29) is 5.56 Å². The van der Waals surface area contributed by atoms with Crippen molar-refractivity contribution in [1.29, 1.82) is 0 Å². The molecule has 134 valence electrons. The molecular weight excluding hydrogens is 324 g/mol. The highest BCUT2D eigenvalue weighted by molar-refractivity contribution is 6.09. The molecule has 26 heavy (non-hydrogen) atoms. The highest BCUT2D eigenvalue weighted by atomic mass is 16.1. The maximum absolute atomic E-state index is 12.4. The number of hydrogen-bond donors (Lipinski definition) is 3. The normalized spacial score (nSPS) is 10.7. The number of aromatic nitrogens is 3. The summed E-state index contributed by atoms with van der Waals surface area (Å²) in [5, 5.41) is 10.6. The minimum atomic E-state index is -0.0628. The number of fused-ring (bicyclic) bond motifs is 3. The first-order valence-corrected chi connectivity index (χ1v) is 9.04. The van der Waals surface area contributed by atoms with E-state index in [1.165, 1.54) is 5.56 Å².